The number of carbonyl (C=O) groups is 2. The van der Waals surface area contributed by atoms with Crippen LogP contribution in [0.2, 0.25) is 0 Å². The predicted molar refractivity (Wildman–Crippen MR) is 215 cm³/mol. The van der Waals surface area contributed by atoms with Crippen LogP contribution in [0.3, 0.4) is 0 Å². The molecule has 308 valence electrons. The summed E-state index contributed by atoms with van der Waals surface area (Å²) < 4.78 is 26.8. The molecular formula is C42H82NO8P. The van der Waals surface area contributed by atoms with Gasteiger partial charge in [-0.25, -0.2) is 4.57 Å². The van der Waals surface area contributed by atoms with Gasteiger partial charge in [0.2, 0.25) is 5.91 Å². The van der Waals surface area contributed by atoms with Gasteiger partial charge in [0.1, 0.15) is 12.7 Å². The van der Waals surface area contributed by atoms with Gasteiger partial charge in [0.25, 0.3) is 0 Å². The number of amides is 1. The van der Waals surface area contributed by atoms with E-state index in [4.69, 9.17) is 13.8 Å². The Morgan fingerprint density at radius 2 is 0.981 bits per heavy atom. The topological polar surface area (TPSA) is 131 Å². The minimum Gasteiger partial charge on any atom is -0.463 e. The lowest BCUT2D eigenvalue weighted by Crippen LogP contribution is -2.27. The summed E-state index contributed by atoms with van der Waals surface area (Å²) in [5.74, 6) is -0.518. The standard InChI is InChI=1S/C42H82NO8P/c1-3-5-7-9-11-13-15-17-18-19-20-21-22-23-24-26-28-30-32-34-41(45)43-36-37-50-52(47,48)51-39-40(44)38-49-42(46)35-33-31-29-27-25-16-14-12-10-8-6-4-2/h12,14,40,44H,3-11,13,15-39H2,1-2H3,(H,43,45)(H,47,48)/b14-12-. The Bertz CT molecular complexity index is 871. The number of allylic oxidation sites excluding steroid dienone is 2. The number of nitrogens with one attached hydrogen (secondary N) is 1. The number of phosphoric acid groups is 1. The zero-order valence-corrected chi connectivity index (χ0v) is 34.7. The van der Waals surface area contributed by atoms with E-state index in [9.17, 15) is 24.2 Å². The molecule has 3 N–H and O–H groups in total. The zero-order valence-electron chi connectivity index (χ0n) is 33.8. The summed E-state index contributed by atoms with van der Waals surface area (Å²) in [4.78, 5) is 33.8. The van der Waals surface area contributed by atoms with Crippen LogP contribution in [0.1, 0.15) is 213 Å². The second kappa shape index (κ2) is 39.4. The highest BCUT2D eigenvalue weighted by molar-refractivity contribution is 7.47. The highest BCUT2D eigenvalue weighted by atomic mass is 31.2. The van der Waals surface area contributed by atoms with Gasteiger partial charge in [-0.1, -0.05) is 174 Å². The third-order valence-corrected chi connectivity index (χ3v) is 10.4. The molecule has 2 atom stereocenters. The fraction of sp³-hybridized carbons (Fsp3) is 0.905. The molecule has 0 aliphatic rings. The van der Waals surface area contributed by atoms with Crippen LogP contribution >= 0.6 is 7.82 Å². The fourth-order valence-corrected chi connectivity index (χ4v) is 6.90. The first kappa shape index (κ1) is 50.8. The van der Waals surface area contributed by atoms with Gasteiger partial charge < -0.3 is 20.1 Å². The first-order valence-corrected chi connectivity index (χ1v) is 23.2. The monoisotopic (exact) mass is 760 g/mol. The van der Waals surface area contributed by atoms with Crippen molar-refractivity contribution in [2.45, 2.75) is 219 Å². The molecular weight excluding hydrogens is 677 g/mol. The van der Waals surface area contributed by atoms with Crippen LogP contribution in [0.4, 0.5) is 0 Å². The van der Waals surface area contributed by atoms with E-state index >= 15 is 0 Å². The summed E-state index contributed by atoms with van der Waals surface area (Å²) >= 11 is 0. The number of esters is 1. The molecule has 9 nitrogen and oxygen atoms in total. The average Bonchev–Trinajstić information content (AvgIpc) is 3.13. The largest absolute Gasteiger partial charge is 0.472 e. The van der Waals surface area contributed by atoms with Gasteiger partial charge in [0.15, 0.2) is 0 Å². The van der Waals surface area contributed by atoms with Gasteiger partial charge in [0, 0.05) is 19.4 Å². The van der Waals surface area contributed by atoms with Gasteiger partial charge >= 0.3 is 13.8 Å². The SMILES string of the molecule is CCCCC/C=C\CCCCCCCC(=O)OCC(O)COP(=O)(O)OCCNC(=O)CCCCCCCCCCCCCCCCCCCCC. The van der Waals surface area contributed by atoms with Gasteiger partial charge in [-0.15, -0.1) is 0 Å². The summed E-state index contributed by atoms with van der Waals surface area (Å²) in [6.07, 6.45) is 40.0. The van der Waals surface area contributed by atoms with Crippen LogP contribution in [-0.2, 0) is 27.9 Å². The van der Waals surface area contributed by atoms with Crippen molar-refractivity contribution in [3.63, 3.8) is 0 Å². The van der Waals surface area contributed by atoms with Crippen molar-refractivity contribution in [2.24, 2.45) is 0 Å². The number of carbonyl (C=O) groups excluding carboxylic acids is 2. The molecule has 0 aromatic heterocycles. The van der Waals surface area contributed by atoms with Crippen molar-refractivity contribution in [1.82, 2.24) is 5.32 Å². The maximum absolute atomic E-state index is 12.1. The molecule has 0 fully saturated rings. The van der Waals surface area contributed by atoms with Gasteiger partial charge in [-0.3, -0.25) is 18.6 Å². The normalized spacial score (nSPS) is 13.4. The molecule has 0 rings (SSSR count). The number of aliphatic hydroxyl groups is 1. The molecule has 0 saturated heterocycles. The highest BCUT2D eigenvalue weighted by Gasteiger charge is 2.23. The van der Waals surface area contributed by atoms with Crippen molar-refractivity contribution in [3.05, 3.63) is 12.2 Å². The lowest BCUT2D eigenvalue weighted by molar-refractivity contribution is -0.147. The molecule has 0 aliphatic heterocycles. The van der Waals surface area contributed by atoms with Crippen LogP contribution in [0.5, 0.6) is 0 Å². The molecule has 1 amide bonds. The van der Waals surface area contributed by atoms with Gasteiger partial charge in [-0.05, 0) is 38.5 Å². The van der Waals surface area contributed by atoms with Crippen molar-refractivity contribution in [2.75, 3.05) is 26.4 Å². The number of hydrogen-bond donors (Lipinski definition) is 3. The highest BCUT2D eigenvalue weighted by Crippen LogP contribution is 2.42. The van der Waals surface area contributed by atoms with Crippen molar-refractivity contribution in [1.29, 1.82) is 0 Å². The van der Waals surface area contributed by atoms with E-state index in [1.807, 2.05) is 0 Å². The zero-order chi connectivity index (χ0) is 38.2. The molecule has 10 heteroatoms. The molecule has 0 aromatic rings. The van der Waals surface area contributed by atoms with Crippen LogP contribution in [0.15, 0.2) is 12.2 Å². The molecule has 0 aliphatic carbocycles. The van der Waals surface area contributed by atoms with E-state index in [-0.39, 0.29) is 32.1 Å². The molecule has 2 unspecified atom stereocenters. The maximum atomic E-state index is 12.1. The fourth-order valence-electron chi connectivity index (χ4n) is 6.14. The van der Waals surface area contributed by atoms with Crippen molar-refractivity contribution < 1.29 is 37.9 Å². The second-order valence-corrected chi connectivity index (χ2v) is 16.1. The number of rotatable bonds is 41. The molecule has 0 heterocycles. The van der Waals surface area contributed by atoms with Crippen LogP contribution in [-0.4, -0.2) is 54.3 Å². The molecule has 52 heavy (non-hydrogen) atoms. The number of ether oxygens (including phenoxy) is 1. The minimum absolute atomic E-state index is 0.0855. The van der Waals surface area contributed by atoms with Gasteiger partial charge in [0.05, 0.1) is 13.2 Å². The summed E-state index contributed by atoms with van der Waals surface area (Å²) in [6, 6.07) is 0. The van der Waals surface area contributed by atoms with E-state index in [1.54, 1.807) is 0 Å². The maximum Gasteiger partial charge on any atom is 0.472 e. The Morgan fingerprint density at radius 1 is 0.577 bits per heavy atom. The number of hydrogen-bond acceptors (Lipinski definition) is 7. The molecule has 0 radical (unpaired) electrons. The van der Waals surface area contributed by atoms with E-state index in [2.05, 4.69) is 31.3 Å². The van der Waals surface area contributed by atoms with Crippen LogP contribution < -0.4 is 5.32 Å². The van der Waals surface area contributed by atoms with Crippen molar-refractivity contribution >= 4 is 19.7 Å². The Morgan fingerprint density at radius 3 is 1.48 bits per heavy atom. The lowest BCUT2D eigenvalue weighted by Gasteiger charge is -2.15. The van der Waals surface area contributed by atoms with E-state index < -0.39 is 26.5 Å². The predicted octanol–water partition coefficient (Wildman–Crippen LogP) is 11.8. The van der Waals surface area contributed by atoms with Gasteiger partial charge in [-0.2, -0.15) is 0 Å². The summed E-state index contributed by atoms with van der Waals surface area (Å²) in [5.41, 5.74) is 0. The number of aliphatic hydroxyl groups excluding tert-OH is 1. The summed E-state index contributed by atoms with van der Waals surface area (Å²) in [5, 5.41) is 12.7. The molecule has 0 saturated carbocycles. The summed E-state index contributed by atoms with van der Waals surface area (Å²) in [6.45, 7) is 3.54. The van der Waals surface area contributed by atoms with Crippen molar-refractivity contribution in [3.8, 4) is 0 Å². The van der Waals surface area contributed by atoms with Crippen LogP contribution in [0.25, 0.3) is 0 Å². The second-order valence-electron chi connectivity index (χ2n) is 14.7. The molecule has 0 spiro atoms. The Labute approximate surface area is 319 Å². The Kier molecular flexibility index (Phi) is 38.5. The third-order valence-electron chi connectivity index (χ3n) is 9.45. The summed E-state index contributed by atoms with van der Waals surface area (Å²) in [7, 11) is -4.41. The number of unbranched alkanes of at least 4 members (excludes halogenated alkanes) is 26. The van der Waals surface area contributed by atoms with Crippen LogP contribution in [0, 0.1) is 0 Å². The lowest BCUT2D eigenvalue weighted by atomic mass is 10.0. The van der Waals surface area contributed by atoms with E-state index in [0.717, 1.165) is 57.8 Å². The molecule has 0 bridgehead atoms. The first-order valence-electron chi connectivity index (χ1n) is 21.7. The first-order chi connectivity index (χ1) is 25.3. The molecule has 0 aromatic carbocycles. The van der Waals surface area contributed by atoms with E-state index in [0.29, 0.717) is 6.42 Å². The Hall–Kier alpha value is -1.25. The minimum atomic E-state index is -4.41. The smallest absolute Gasteiger partial charge is 0.463 e. The third kappa shape index (κ3) is 39.9. The average molecular weight is 760 g/mol. The Balaban J connectivity index is 3.55. The quantitative estimate of drug-likeness (QED) is 0.0243. The van der Waals surface area contributed by atoms with E-state index in [1.165, 1.54) is 128 Å². The number of phosphoric ester groups is 1.